The highest BCUT2D eigenvalue weighted by molar-refractivity contribution is 7.85. The minimum atomic E-state index is -4.80. The second-order valence-corrected chi connectivity index (χ2v) is 10.6. The van der Waals surface area contributed by atoms with Gasteiger partial charge in [0.05, 0.1) is 15.7 Å². The zero-order chi connectivity index (χ0) is 25.8. The third-order valence-electron chi connectivity index (χ3n) is 6.59. The van der Waals surface area contributed by atoms with Gasteiger partial charge in [-0.05, 0) is 48.9 Å². The number of fused-ring (bicyclic) bond motifs is 1. The van der Waals surface area contributed by atoms with Gasteiger partial charge in [0.2, 0.25) is 0 Å². The van der Waals surface area contributed by atoms with Gasteiger partial charge in [0.25, 0.3) is 5.56 Å². The van der Waals surface area contributed by atoms with Crippen LogP contribution in [-0.2, 0) is 30.6 Å². The van der Waals surface area contributed by atoms with Gasteiger partial charge in [-0.15, -0.1) is 0 Å². The molecule has 1 saturated carbocycles. The molecule has 1 atom stereocenters. The van der Waals surface area contributed by atoms with Gasteiger partial charge < -0.3 is 10.0 Å². The number of aromatic nitrogens is 4. The molecule has 4 aromatic rings. The summed E-state index contributed by atoms with van der Waals surface area (Å²) in [7, 11) is 0.207. The van der Waals surface area contributed by atoms with Crippen molar-refractivity contribution in [2.45, 2.75) is 50.2 Å². The maximum absolute atomic E-state index is 13.5. The molecule has 0 radical (unpaired) electrons. The number of imidazole rings is 1. The van der Waals surface area contributed by atoms with E-state index in [0.29, 0.717) is 22.3 Å². The van der Waals surface area contributed by atoms with E-state index in [1.165, 1.54) is 18.4 Å². The zero-order valence-electron chi connectivity index (χ0n) is 20.6. The first-order chi connectivity index (χ1) is 17.1. The summed E-state index contributed by atoms with van der Waals surface area (Å²) in [4.78, 5) is 22.0. The fourth-order valence-electron chi connectivity index (χ4n) is 4.54. The molecule has 0 aliphatic heterocycles. The van der Waals surface area contributed by atoms with Crippen molar-refractivity contribution in [3.8, 4) is 22.6 Å². The normalized spacial score (nSPS) is 14.5. The van der Waals surface area contributed by atoms with Crippen LogP contribution in [0.15, 0.2) is 52.3 Å². The Bertz CT molecular complexity index is 1550. The molecule has 196 valence electrons. The maximum Gasteiger partial charge on any atom is 0.421 e. The second-order valence-electron chi connectivity index (χ2n) is 8.91. The molecule has 1 aliphatic rings. The van der Waals surface area contributed by atoms with Crippen LogP contribution in [0.5, 0.6) is 0 Å². The van der Waals surface area contributed by atoms with Crippen LogP contribution >= 0.6 is 0 Å². The van der Waals surface area contributed by atoms with Crippen molar-refractivity contribution in [2.75, 3.05) is 5.75 Å². The number of nitrogens with zero attached hydrogens (tertiary/aromatic N) is 4. The van der Waals surface area contributed by atoms with Crippen molar-refractivity contribution in [3.05, 3.63) is 64.1 Å². The third kappa shape index (κ3) is 4.73. The van der Waals surface area contributed by atoms with Crippen LogP contribution in [-0.4, -0.2) is 34.5 Å². The Morgan fingerprint density at radius 1 is 1.08 bits per heavy atom. The van der Waals surface area contributed by atoms with E-state index >= 15 is 0 Å². The number of halogens is 3. The number of hydrogen-bond acceptors (Lipinski definition) is 4. The lowest BCUT2D eigenvalue weighted by atomic mass is 10.0. The Hall–Kier alpha value is -3.31. The van der Waals surface area contributed by atoms with E-state index < -0.39 is 28.1 Å². The number of aryl methyl sites for hydroxylation is 2. The molecule has 1 fully saturated rings. The highest BCUT2D eigenvalue weighted by Gasteiger charge is 2.36. The van der Waals surface area contributed by atoms with Gasteiger partial charge in [0, 0.05) is 31.1 Å². The number of benzene rings is 1. The lowest BCUT2D eigenvalue weighted by Gasteiger charge is -2.13. The minimum absolute atomic E-state index is 0. The van der Waals surface area contributed by atoms with Crippen molar-refractivity contribution in [3.63, 3.8) is 0 Å². The van der Waals surface area contributed by atoms with Crippen molar-refractivity contribution in [2.24, 2.45) is 7.05 Å². The standard InChI is InChI=1S/C26H25F3N4O2S.H2O/c1-4-33-24-20(13-19(25(33)34)26(27,28)29)31-23(32(24)3)22-21(36(35)5-2)12-18(14-30-22)17-10-8-16(9-11-17)15-6-7-15;/h8-15H,4-7H2,1-3H3;1H2. The Morgan fingerprint density at radius 2 is 1.76 bits per heavy atom. The first-order valence-electron chi connectivity index (χ1n) is 11.8. The number of rotatable bonds is 6. The molecule has 2 N–H and O–H groups in total. The van der Waals surface area contributed by atoms with Crippen LogP contribution in [0.4, 0.5) is 13.2 Å². The summed E-state index contributed by atoms with van der Waals surface area (Å²) in [5.41, 5.74) is 1.24. The zero-order valence-corrected chi connectivity index (χ0v) is 21.4. The van der Waals surface area contributed by atoms with Crippen LogP contribution in [0.2, 0.25) is 0 Å². The smallest absolute Gasteiger partial charge is 0.412 e. The summed E-state index contributed by atoms with van der Waals surface area (Å²) in [6.07, 6.45) is -0.720. The first-order valence-corrected chi connectivity index (χ1v) is 13.1. The highest BCUT2D eigenvalue weighted by atomic mass is 32.2. The van der Waals surface area contributed by atoms with Crippen LogP contribution in [0.1, 0.15) is 43.7 Å². The average molecular weight is 533 g/mol. The summed E-state index contributed by atoms with van der Waals surface area (Å²) in [6, 6.07) is 10.8. The fourth-order valence-corrected chi connectivity index (χ4v) is 5.47. The van der Waals surface area contributed by atoms with Gasteiger partial charge in [-0.2, -0.15) is 13.2 Å². The number of alkyl halides is 3. The number of hydrogen-bond donors (Lipinski definition) is 0. The van der Waals surface area contributed by atoms with E-state index in [-0.39, 0.29) is 29.0 Å². The van der Waals surface area contributed by atoms with Gasteiger partial charge in [0.1, 0.15) is 22.4 Å². The average Bonchev–Trinajstić information content (AvgIpc) is 3.66. The summed E-state index contributed by atoms with van der Waals surface area (Å²) >= 11 is 0. The minimum Gasteiger partial charge on any atom is -0.412 e. The molecule has 1 aliphatic carbocycles. The third-order valence-corrected chi connectivity index (χ3v) is 7.92. The molecular weight excluding hydrogens is 505 g/mol. The van der Waals surface area contributed by atoms with Gasteiger partial charge in [-0.3, -0.25) is 18.6 Å². The Morgan fingerprint density at radius 3 is 2.32 bits per heavy atom. The molecule has 11 heteroatoms. The van der Waals surface area contributed by atoms with Crippen LogP contribution < -0.4 is 5.56 Å². The van der Waals surface area contributed by atoms with E-state index in [1.54, 1.807) is 31.7 Å². The Balaban J connectivity index is 0.00000320. The molecule has 1 aromatic carbocycles. The molecule has 3 heterocycles. The largest absolute Gasteiger partial charge is 0.421 e. The lowest BCUT2D eigenvalue weighted by Crippen LogP contribution is -2.29. The molecule has 0 spiro atoms. The summed E-state index contributed by atoms with van der Waals surface area (Å²) in [5.74, 6) is 1.22. The molecule has 1 unspecified atom stereocenters. The monoisotopic (exact) mass is 532 g/mol. The van der Waals surface area contributed by atoms with Crippen molar-refractivity contribution < 1.29 is 22.9 Å². The molecule has 0 bridgehead atoms. The topological polar surface area (TPSA) is 101 Å². The predicted octanol–water partition coefficient (Wildman–Crippen LogP) is 4.68. The fraction of sp³-hybridized carbons (Fsp3) is 0.346. The maximum atomic E-state index is 13.5. The van der Waals surface area contributed by atoms with E-state index in [4.69, 9.17) is 0 Å². The molecule has 5 rings (SSSR count). The Kier molecular flexibility index (Phi) is 7.13. The molecule has 7 nitrogen and oxygen atoms in total. The van der Waals surface area contributed by atoms with Crippen molar-refractivity contribution in [1.29, 1.82) is 0 Å². The molecule has 37 heavy (non-hydrogen) atoms. The molecule has 0 saturated heterocycles. The van der Waals surface area contributed by atoms with Crippen molar-refractivity contribution in [1.82, 2.24) is 19.1 Å². The van der Waals surface area contributed by atoms with E-state index in [0.717, 1.165) is 21.8 Å². The van der Waals surface area contributed by atoms with E-state index in [2.05, 4.69) is 22.1 Å². The SMILES string of the molecule is CCn1c(=O)c(C(F)(F)F)cc2nc(-c3ncc(-c4ccc(C5CC5)cc4)cc3S(=O)CC)n(C)c21.O. The number of pyridine rings is 2. The van der Waals surface area contributed by atoms with Crippen molar-refractivity contribution >= 4 is 22.0 Å². The predicted molar refractivity (Wildman–Crippen MR) is 137 cm³/mol. The van der Waals surface area contributed by atoms with Gasteiger partial charge in [-0.25, -0.2) is 4.98 Å². The van der Waals surface area contributed by atoms with Gasteiger partial charge >= 0.3 is 6.18 Å². The van der Waals surface area contributed by atoms with Crippen LogP contribution in [0.25, 0.3) is 33.8 Å². The molecule has 3 aromatic heterocycles. The highest BCUT2D eigenvalue weighted by Crippen LogP contribution is 2.40. The van der Waals surface area contributed by atoms with Gasteiger partial charge in [-0.1, -0.05) is 31.2 Å². The molecule has 0 amide bonds. The molecular formula is C26H27F3N4O3S. The summed E-state index contributed by atoms with van der Waals surface area (Å²) in [6.45, 7) is 3.43. The van der Waals surface area contributed by atoms with E-state index in [9.17, 15) is 22.2 Å². The Labute approximate surface area is 213 Å². The lowest BCUT2D eigenvalue weighted by molar-refractivity contribution is -0.138. The summed E-state index contributed by atoms with van der Waals surface area (Å²) in [5, 5.41) is 0. The first kappa shape index (κ1) is 26.7. The summed E-state index contributed by atoms with van der Waals surface area (Å²) < 4.78 is 56.2. The van der Waals surface area contributed by atoms with E-state index in [1.807, 2.05) is 18.2 Å². The van der Waals surface area contributed by atoms with Crippen LogP contribution in [0.3, 0.4) is 0 Å². The quantitative estimate of drug-likeness (QED) is 0.360. The van der Waals surface area contributed by atoms with Crippen LogP contribution in [0, 0.1) is 0 Å². The second kappa shape index (κ2) is 9.86. The van der Waals surface area contributed by atoms with Gasteiger partial charge in [0.15, 0.2) is 5.82 Å².